The molecule has 0 radical (unpaired) electrons. The average Bonchev–Trinajstić information content (AvgIpc) is 2.96. The van der Waals surface area contributed by atoms with Crippen molar-refractivity contribution in [1.82, 2.24) is 0 Å². The highest BCUT2D eigenvalue weighted by Crippen LogP contribution is 2.33. The summed E-state index contributed by atoms with van der Waals surface area (Å²) >= 11 is 0. The minimum atomic E-state index is -0.700. The fourth-order valence-electron chi connectivity index (χ4n) is 4.13. The molecule has 3 rings (SSSR count). The molecule has 0 bridgehead atoms. The molecular formula is C24H30N6O12. The first-order chi connectivity index (χ1) is 20.2. The van der Waals surface area contributed by atoms with Crippen LogP contribution in [0.25, 0.3) is 0 Å². The average molecular weight is 595 g/mol. The standard InChI is InChI=1S/C24H30N6O12/c31-27(32)19-1-3-21(23(17-19)29(35)36)25-5-9-39-13-15-41-11-7-26(8-12-42-16-14-40-10-6-25)22-4-2-20(28(33)34)18-24(22)30(37)38/h1-4,17-18H,5-16H2. The van der Waals surface area contributed by atoms with E-state index in [0.717, 1.165) is 12.1 Å². The van der Waals surface area contributed by atoms with E-state index >= 15 is 0 Å². The zero-order valence-corrected chi connectivity index (χ0v) is 22.5. The van der Waals surface area contributed by atoms with Gasteiger partial charge in [-0.15, -0.1) is 0 Å². The van der Waals surface area contributed by atoms with Gasteiger partial charge in [-0.2, -0.15) is 0 Å². The Kier molecular flexibility index (Phi) is 12.2. The lowest BCUT2D eigenvalue weighted by molar-refractivity contribution is -0.394. The summed E-state index contributed by atoms with van der Waals surface area (Å²) in [5, 5.41) is 45.5. The summed E-state index contributed by atoms with van der Waals surface area (Å²) in [7, 11) is 0. The fourth-order valence-corrected chi connectivity index (χ4v) is 4.13. The molecule has 0 aromatic heterocycles. The van der Waals surface area contributed by atoms with Gasteiger partial charge in [0.25, 0.3) is 22.7 Å². The van der Waals surface area contributed by atoms with E-state index in [1.807, 2.05) is 0 Å². The third kappa shape index (κ3) is 9.26. The summed E-state index contributed by atoms with van der Waals surface area (Å²) in [6.45, 7) is 2.35. The number of rotatable bonds is 6. The predicted molar refractivity (Wildman–Crippen MR) is 147 cm³/mol. The van der Waals surface area contributed by atoms with Crippen LogP contribution in [0.3, 0.4) is 0 Å². The third-order valence-corrected chi connectivity index (χ3v) is 6.18. The van der Waals surface area contributed by atoms with E-state index in [0.29, 0.717) is 0 Å². The van der Waals surface area contributed by atoms with Crippen LogP contribution in [0.2, 0.25) is 0 Å². The molecule has 1 fully saturated rings. The highest BCUT2D eigenvalue weighted by Gasteiger charge is 2.25. The van der Waals surface area contributed by atoms with Gasteiger partial charge >= 0.3 is 0 Å². The molecule has 0 N–H and O–H groups in total. The van der Waals surface area contributed by atoms with E-state index in [-0.39, 0.29) is 90.4 Å². The topological polar surface area (TPSA) is 216 Å². The van der Waals surface area contributed by atoms with E-state index in [9.17, 15) is 40.5 Å². The molecule has 1 heterocycles. The van der Waals surface area contributed by atoms with Crippen molar-refractivity contribution in [2.45, 2.75) is 0 Å². The zero-order valence-electron chi connectivity index (χ0n) is 22.5. The van der Waals surface area contributed by atoms with Crippen molar-refractivity contribution >= 4 is 34.1 Å². The number of nitrogens with zero attached hydrogens (tertiary/aromatic N) is 6. The van der Waals surface area contributed by atoms with Crippen molar-refractivity contribution < 1.29 is 38.6 Å². The van der Waals surface area contributed by atoms with Gasteiger partial charge in [-0.25, -0.2) is 0 Å². The highest BCUT2D eigenvalue weighted by atomic mass is 16.6. The predicted octanol–water partition coefficient (Wildman–Crippen LogP) is 2.71. The molecule has 0 atom stereocenters. The highest BCUT2D eigenvalue weighted by molar-refractivity contribution is 5.67. The Hall–Kier alpha value is -4.52. The number of ether oxygens (including phenoxy) is 4. The van der Waals surface area contributed by atoms with Crippen LogP contribution in [0.5, 0.6) is 0 Å². The second-order valence-electron chi connectivity index (χ2n) is 8.80. The number of non-ortho nitro benzene ring substituents is 2. The Morgan fingerprint density at radius 3 is 1.05 bits per heavy atom. The SMILES string of the molecule is O=[N+]([O-])c1ccc(N2CCOCCOCCN(c3ccc([N+](=O)[O-])cc3[N+](=O)[O-])CCOCCOCC2)c([N+](=O)[O-])c1. The van der Waals surface area contributed by atoms with Gasteiger partial charge in [0.2, 0.25) is 0 Å². The molecule has 0 unspecified atom stereocenters. The Bertz CT molecular complexity index is 1150. The molecular weight excluding hydrogens is 564 g/mol. The fraction of sp³-hybridized carbons (Fsp3) is 0.500. The van der Waals surface area contributed by atoms with Gasteiger partial charge in [0.15, 0.2) is 0 Å². The summed E-state index contributed by atoms with van der Waals surface area (Å²) in [4.78, 5) is 46.0. The molecule has 1 saturated heterocycles. The van der Waals surface area contributed by atoms with Crippen LogP contribution in [0.1, 0.15) is 0 Å². The first kappa shape index (κ1) is 32.0. The second kappa shape index (κ2) is 16.1. The minimum Gasteiger partial charge on any atom is -0.377 e. The van der Waals surface area contributed by atoms with Crippen molar-refractivity contribution in [3.05, 3.63) is 76.9 Å². The summed E-state index contributed by atoms with van der Waals surface area (Å²) in [5.41, 5.74) is -1.21. The molecule has 18 nitrogen and oxygen atoms in total. The van der Waals surface area contributed by atoms with Crippen LogP contribution in [0.15, 0.2) is 36.4 Å². The monoisotopic (exact) mass is 594 g/mol. The molecule has 0 saturated carbocycles. The quantitative estimate of drug-likeness (QED) is 0.347. The van der Waals surface area contributed by atoms with Gasteiger partial charge < -0.3 is 28.7 Å². The Morgan fingerprint density at radius 1 is 0.476 bits per heavy atom. The number of nitro groups is 4. The molecule has 2 aromatic carbocycles. The van der Waals surface area contributed by atoms with Gasteiger partial charge in [-0.3, -0.25) is 40.5 Å². The molecule has 1 aliphatic heterocycles. The Labute approximate surface area is 238 Å². The van der Waals surface area contributed by atoms with Crippen molar-refractivity contribution in [2.24, 2.45) is 0 Å². The normalized spacial score (nSPS) is 16.7. The maximum Gasteiger partial charge on any atom is 0.299 e. The number of anilines is 2. The maximum absolute atomic E-state index is 11.6. The van der Waals surface area contributed by atoms with E-state index in [1.165, 1.54) is 24.3 Å². The summed E-state index contributed by atoms with van der Waals surface area (Å²) < 4.78 is 22.5. The summed E-state index contributed by atoms with van der Waals surface area (Å²) in [5.74, 6) is 0. The van der Waals surface area contributed by atoms with Crippen molar-refractivity contribution in [3.63, 3.8) is 0 Å². The van der Waals surface area contributed by atoms with E-state index in [2.05, 4.69) is 0 Å². The van der Waals surface area contributed by atoms with Crippen LogP contribution >= 0.6 is 0 Å². The van der Waals surface area contributed by atoms with Crippen LogP contribution in [0.4, 0.5) is 34.1 Å². The molecule has 1 aliphatic rings. The van der Waals surface area contributed by atoms with Crippen molar-refractivity contribution in [2.75, 3.05) is 88.8 Å². The first-order valence-electron chi connectivity index (χ1n) is 12.9. The molecule has 18 heteroatoms. The van der Waals surface area contributed by atoms with Gasteiger partial charge in [-0.05, 0) is 12.1 Å². The maximum atomic E-state index is 11.6. The van der Waals surface area contributed by atoms with E-state index in [4.69, 9.17) is 18.9 Å². The molecule has 0 amide bonds. The number of nitro benzene ring substituents is 4. The molecule has 42 heavy (non-hydrogen) atoms. The number of hydrogen-bond acceptors (Lipinski definition) is 14. The zero-order chi connectivity index (χ0) is 30.5. The minimum absolute atomic E-state index is 0.168. The van der Waals surface area contributed by atoms with Crippen LogP contribution < -0.4 is 9.80 Å². The summed E-state index contributed by atoms with van der Waals surface area (Å²) in [6, 6.07) is 6.89. The lowest BCUT2D eigenvalue weighted by Gasteiger charge is -2.25. The third-order valence-electron chi connectivity index (χ3n) is 6.18. The lowest BCUT2D eigenvalue weighted by Crippen LogP contribution is -2.33. The van der Waals surface area contributed by atoms with Crippen LogP contribution in [-0.2, 0) is 18.9 Å². The Morgan fingerprint density at radius 2 is 0.786 bits per heavy atom. The lowest BCUT2D eigenvalue weighted by atomic mass is 10.2. The van der Waals surface area contributed by atoms with E-state index in [1.54, 1.807) is 9.80 Å². The Balaban J connectivity index is 1.66. The molecule has 228 valence electrons. The van der Waals surface area contributed by atoms with Gasteiger partial charge in [0, 0.05) is 38.3 Å². The van der Waals surface area contributed by atoms with Gasteiger partial charge in [0.05, 0.1) is 84.7 Å². The molecule has 0 spiro atoms. The number of benzene rings is 2. The molecule has 0 aliphatic carbocycles. The largest absolute Gasteiger partial charge is 0.377 e. The van der Waals surface area contributed by atoms with E-state index < -0.39 is 42.4 Å². The van der Waals surface area contributed by atoms with Gasteiger partial charge in [0.1, 0.15) is 11.4 Å². The van der Waals surface area contributed by atoms with Gasteiger partial charge in [-0.1, -0.05) is 0 Å². The van der Waals surface area contributed by atoms with Crippen molar-refractivity contribution in [3.8, 4) is 0 Å². The second-order valence-corrected chi connectivity index (χ2v) is 8.80. The smallest absolute Gasteiger partial charge is 0.299 e. The molecule has 2 aromatic rings. The van der Waals surface area contributed by atoms with Crippen LogP contribution in [0, 0.1) is 40.5 Å². The first-order valence-corrected chi connectivity index (χ1v) is 12.9. The van der Waals surface area contributed by atoms with Crippen LogP contribution in [-0.4, -0.2) is 98.7 Å². The number of hydrogen-bond donors (Lipinski definition) is 0. The van der Waals surface area contributed by atoms with Crippen molar-refractivity contribution in [1.29, 1.82) is 0 Å². The summed E-state index contributed by atoms with van der Waals surface area (Å²) in [6.07, 6.45) is 0.